The molecule has 12 heteroatoms. The highest BCUT2D eigenvalue weighted by atomic mass is 35.5. The van der Waals surface area contributed by atoms with E-state index in [1.807, 2.05) is 6.92 Å². The SMILES string of the molecule is Cc1cnc(-n2nccn2)c(C(=O)N2CCC[C@@H](Oc3ncc(C(F)(F)F)cc3Cl)C2)c1. The fourth-order valence-corrected chi connectivity index (χ4v) is 3.63. The maximum absolute atomic E-state index is 13.3. The molecule has 3 aromatic rings. The summed E-state index contributed by atoms with van der Waals surface area (Å²) in [5.41, 5.74) is 0.185. The average Bonchev–Trinajstić information content (AvgIpc) is 3.29. The van der Waals surface area contributed by atoms with Gasteiger partial charge in [0.2, 0.25) is 5.88 Å². The number of hydrogen-bond acceptors (Lipinski definition) is 6. The summed E-state index contributed by atoms with van der Waals surface area (Å²) < 4.78 is 44.2. The molecule has 4 heterocycles. The van der Waals surface area contributed by atoms with Crippen molar-refractivity contribution in [1.29, 1.82) is 0 Å². The first-order valence-corrected chi connectivity index (χ1v) is 10.1. The minimum Gasteiger partial charge on any atom is -0.471 e. The molecule has 0 radical (unpaired) electrons. The Hall–Kier alpha value is -3.21. The summed E-state index contributed by atoms with van der Waals surface area (Å²) in [5.74, 6) is -0.0630. The number of piperidine rings is 1. The van der Waals surface area contributed by atoms with Gasteiger partial charge in [-0.25, -0.2) is 9.97 Å². The van der Waals surface area contributed by atoms with Crippen molar-refractivity contribution in [2.45, 2.75) is 32.0 Å². The molecule has 3 aromatic heterocycles. The molecule has 0 aliphatic carbocycles. The van der Waals surface area contributed by atoms with Gasteiger partial charge in [0.05, 0.1) is 30.1 Å². The molecular weight excluding hydrogens is 449 g/mol. The van der Waals surface area contributed by atoms with Crippen molar-refractivity contribution >= 4 is 17.5 Å². The Kier molecular flexibility index (Phi) is 6.00. The van der Waals surface area contributed by atoms with E-state index in [4.69, 9.17) is 16.3 Å². The first-order chi connectivity index (χ1) is 15.2. The molecule has 1 saturated heterocycles. The van der Waals surface area contributed by atoms with Crippen molar-refractivity contribution in [3.63, 3.8) is 0 Å². The van der Waals surface area contributed by atoms with Crippen LogP contribution < -0.4 is 4.74 Å². The van der Waals surface area contributed by atoms with Crippen molar-refractivity contribution in [2.24, 2.45) is 0 Å². The monoisotopic (exact) mass is 466 g/mol. The van der Waals surface area contributed by atoms with Crippen LogP contribution >= 0.6 is 11.6 Å². The van der Waals surface area contributed by atoms with Crippen LogP contribution in [0.25, 0.3) is 5.82 Å². The third kappa shape index (κ3) is 4.67. The molecule has 8 nitrogen and oxygen atoms in total. The predicted molar refractivity (Wildman–Crippen MR) is 108 cm³/mol. The molecule has 1 amide bonds. The fraction of sp³-hybridized carbons (Fsp3) is 0.350. The van der Waals surface area contributed by atoms with Gasteiger partial charge >= 0.3 is 6.18 Å². The summed E-state index contributed by atoms with van der Waals surface area (Å²) in [4.78, 5) is 24.2. The third-order valence-electron chi connectivity index (χ3n) is 4.92. The van der Waals surface area contributed by atoms with Gasteiger partial charge in [-0.3, -0.25) is 4.79 Å². The van der Waals surface area contributed by atoms with Crippen LogP contribution in [0.1, 0.15) is 34.3 Å². The van der Waals surface area contributed by atoms with Crippen molar-refractivity contribution in [1.82, 2.24) is 29.9 Å². The molecule has 0 aromatic carbocycles. The molecule has 0 N–H and O–H groups in total. The maximum atomic E-state index is 13.3. The Bertz CT molecular complexity index is 1120. The summed E-state index contributed by atoms with van der Waals surface area (Å²) in [5, 5.41) is 7.87. The van der Waals surface area contributed by atoms with Gasteiger partial charge in [0.1, 0.15) is 11.1 Å². The molecular formula is C20H18ClF3N6O2. The van der Waals surface area contributed by atoms with E-state index in [0.717, 1.165) is 11.6 Å². The molecule has 1 fully saturated rings. The summed E-state index contributed by atoms with van der Waals surface area (Å²) in [7, 11) is 0. The first-order valence-electron chi connectivity index (χ1n) is 9.74. The lowest BCUT2D eigenvalue weighted by molar-refractivity contribution is -0.137. The number of alkyl halides is 3. The fourth-order valence-electron chi connectivity index (χ4n) is 3.42. The van der Waals surface area contributed by atoms with Crippen LogP contribution in [0.3, 0.4) is 0 Å². The van der Waals surface area contributed by atoms with E-state index >= 15 is 0 Å². The first kappa shape index (κ1) is 22.0. The van der Waals surface area contributed by atoms with Crippen molar-refractivity contribution in [3.8, 4) is 11.7 Å². The highest BCUT2D eigenvalue weighted by Gasteiger charge is 2.33. The van der Waals surface area contributed by atoms with E-state index in [9.17, 15) is 18.0 Å². The molecule has 0 unspecified atom stereocenters. The Morgan fingerprint density at radius 2 is 1.94 bits per heavy atom. The maximum Gasteiger partial charge on any atom is 0.417 e. The largest absolute Gasteiger partial charge is 0.471 e. The minimum absolute atomic E-state index is 0.0994. The molecule has 1 aliphatic rings. The van der Waals surface area contributed by atoms with Gasteiger partial charge in [0, 0.05) is 18.9 Å². The molecule has 0 saturated carbocycles. The number of carbonyl (C=O) groups excluding carboxylic acids is 1. The molecule has 32 heavy (non-hydrogen) atoms. The molecule has 1 aliphatic heterocycles. The van der Waals surface area contributed by atoms with Gasteiger partial charge in [-0.15, -0.1) is 4.80 Å². The highest BCUT2D eigenvalue weighted by molar-refractivity contribution is 6.31. The van der Waals surface area contributed by atoms with E-state index in [1.165, 1.54) is 17.2 Å². The number of amides is 1. The van der Waals surface area contributed by atoms with Crippen molar-refractivity contribution < 1.29 is 22.7 Å². The van der Waals surface area contributed by atoms with Gasteiger partial charge in [0.15, 0.2) is 5.82 Å². The van der Waals surface area contributed by atoms with Crippen LogP contribution in [0, 0.1) is 6.92 Å². The van der Waals surface area contributed by atoms with Gasteiger partial charge < -0.3 is 9.64 Å². The van der Waals surface area contributed by atoms with Crippen LogP contribution in [0.2, 0.25) is 5.02 Å². The number of aromatic nitrogens is 5. The summed E-state index contributed by atoms with van der Waals surface area (Å²) in [6, 6.07) is 2.49. The van der Waals surface area contributed by atoms with Crippen LogP contribution in [0.4, 0.5) is 13.2 Å². The zero-order valence-electron chi connectivity index (χ0n) is 16.9. The minimum atomic E-state index is -4.55. The Morgan fingerprint density at radius 3 is 2.62 bits per heavy atom. The van der Waals surface area contributed by atoms with E-state index in [1.54, 1.807) is 17.2 Å². The lowest BCUT2D eigenvalue weighted by Gasteiger charge is -2.33. The van der Waals surface area contributed by atoms with Crippen molar-refractivity contribution in [3.05, 3.63) is 58.6 Å². The normalized spacial score (nSPS) is 16.8. The Labute approximate surface area is 186 Å². The zero-order valence-corrected chi connectivity index (χ0v) is 17.6. The number of pyridine rings is 2. The summed E-state index contributed by atoms with van der Waals surface area (Å²) >= 11 is 5.95. The number of rotatable bonds is 4. The number of ether oxygens (including phenoxy) is 1. The predicted octanol–water partition coefficient (Wildman–Crippen LogP) is 3.72. The van der Waals surface area contributed by atoms with Crippen LogP contribution in [-0.2, 0) is 6.18 Å². The summed E-state index contributed by atoms with van der Waals surface area (Å²) in [6.07, 6.45) is 1.49. The average molecular weight is 467 g/mol. The van der Waals surface area contributed by atoms with Crippen molar-refractivity contribution in [2.75, 3.05) is 13.1 Å². The third-order valence-corrected chi connectivity index (χ3v) is 5.19. The second-order valence-electron chi connectivity index (χ2n) is 7.34. The van der Waals surface area contributed by atoms with Crippen LogP contribution in [0.5, 0.6) is 5.88 Å². The zero-order chi connectivity index (χ0) is 22.9. The Balaban J connectivity index is 1.52. The smallest absolute Gasteiger partial charge is 0.417 e. The number of likely N-dealkylation sites (tertiary alicyclic amines) is 1. The van der Waals surface area contributed by atoms with Gasteiger partial charge in [-0.05, 0) is 37.5 Å². The van der Waals surface area contributed by atoms with Crippen LogP contribution in [0.15, 0.2) is 36.9 Å². The van der Waals surface area contributed by atoms with E-state index in [-0.39, 0.29) is 23.4 Å². The topological polar surface area (TPSA) is 86.0 Å². The van der Waals surface area contributed by atoms with Crippen LogP contribution in [-0.4, -0.2) is 55.0 Å². The van der Waals surface area contributed by atoms with Gasteiger partial charge in [-0.2, -0.15) is 23.4 Å². The Morgan fingerprint density at radius 1 is 1.19 bits per heavy atom. The standard InChI is InChI=1S/C20H18ClF3N6O2/c1-12-7-15(17(25-9-12)30-27-4-5-28-30)19(31)29-6-2-3-14(11-29)32-18-16(21)8-13(10-26-18)20(22,23)24/h4-5,7-10,14H,2-3,6,11H2,1H3/t14-/m1/s1. The molecule has 4 rings (SSSR count). The summed E-state index contributed by atoms with van der Waals surface area (Å²) in [6.45, 7) is 2.54. The lowest BCUT2D eigenvalue weighted by atomic mass is 10.1. The molecule has 1 atom stereocenters. The molecule has 0 bridgehead atoms. The highest BCUT2D eigenvalue weighted by Crippen LogP contribution is 2.34. The number of aryl methyl sites for hydroxylation is 1. The number of nitrogens with zero attached hydrogens (tertiary/aromatic N) is 6. The number of hydrogen-bond donors (Lipinski definition) is 0. The van der Waals surface area contributed by atoms with E-state index in [0.29, 0.717) is 37.0 Å². The van der Waals surface area contributed by atoms with E-state index in [2.05, 4.69) is 20.2 Å². The number of halogens is 4. The molecule has 0 spiro atoms. The van der Waals surface area contributed by atoms with Gasteiger partial charge in [0.25, 0.3) is 5.91 Å². The lowest BCUT2D eigenvalue weighted by Crippen LogP contribution is -2.44. The second-order valence-corrected chi connectivity index (χ2v) is 7.75. The quantitative estimate of drug-likeness (QED) is 0.582. The second kappa shape index (κ2) is 8.73. The number of carbonyl (C=O) groups is 1. The van der Waals surface area contributed by atoms with E-state index < -0.39 is 17.8 Å². The van der Waals surface area contributed by atoms with Gasteiger partial charge in [-0.1, -0.05) is 11.6 Å². The molecule has 168 valence electrons.